The Balaban J connectivity index is 1.96. The minimum absolute atomic E-state index is 0.684. The van der Waals surface area contributed by atoms with E-state index in [0.29, 0.717) is 6.54 Å². The van der Waals surface area contributed by atoms with Crippen LogP contribution in [0.4, 0.5) is 5.82 Å². The fraction of sp³-hybridized carbons (Fsp3) is 0.304. The quantitative estimate of drug-likeness (QED) is 0.599. The molecule has 140 valence electrons. The molecule has 0 aliphatic heterocycles. The Bertz CT molecular complexity index is 871. The van der Waals surface area contributed by atoms with E-state index in [1.54, 1.807) is 13.3 Å². The Morgan fingerprint density at radius 2 is 1.67 bits per heavy atom. The second kappa shape index (κ2) is 8.67. The lowest BCUT2D eigenvalue weighted by molar-refractivity contribution is 0.409. The molecular weight excluding hydrogens is 334 g/mol. The maximum absolute atomic E-state index is 5.70. The molecule has 1 aromatic carbocycles. The minimum atomic E-state index is 0.684. The van der Waals surface area contributed by atoms with Gasteiger partial charge in [0.05, 0.1) is 12.8 Å². The van der Waals surface area contributed by atoms with Crippen molar-refractivity contribution >= 4 is 5.82 Å². The maximum Gasteiger partial charge on any atom is 0.128 e. The molecule has 0 fully saturated rings. The summed E-state index contributed by atoms with van der Waals surface area (Å²) in [4.78, 5) is 11.3. The predicted octanol–water partition coefficient (Wildman–Crippen LogP) is 4.91. The Kier molecular flexibility index (Phi) is 6.07. The van der Waals surface area contributed by atoms with Crippen LogP contribution in [-0.4, -0.2) is 24.1 Å². The van der Waals surface area contributed by atoms with Crippen LogP contribution in [0.1, 0.15) is 30.5 Å². The lowest BCUT2D eigenvalue weighted by Gasteiger charge is -2.20. The highest BCUT2D eigenvalue weighted by molar-refractivity contribution is 5.69. The fourth-order valence-corrected chi connectivity index (χ4v) is 3.40. The first-order chi connectivity index (χ1) is 13.2. The number of benzene rings is 1. The van der Waals surface area contributed by atoms with Gasteiger partial charge in [-0.05, 0) is 36.1 Å². The van der Waals surface area contributed by atoms with E-state index in [0.717, 1.165) is 35.7 Å². The van der Waals surface area contributed by atoms with Crippen LogP contribution in [0.15, 0.2) is 54.9 Å². The Labute approximate surface area is 161 Å². The molecule has 4 nitrogen and oxygen atoms in total. The first kappa shape index (κ1) is 18.9. The molecule has 3 aromatic rings. The summed E-state index contributed by atoms with van der Waals surface area (Å²) in [6.07, 6.45) is 5.70. The van der Waals surface area contributed by atoms with Crippen LogP contribution < -0.4 is 9.64 Å². The molecule has 0 saturated heterocycles. The van der Waals surface area contributed by atoms with Gasteiger partial charge in [-0.25, -0.2) is 4.98 Å². The maximum atomic E-state index is 5.70. The summed E-state index contributed by atoms with van der Waals surface area (Å²) in [7, 11) is 3.74. The molecule has 4 heteroatoms. The van der Waals surface area contributed by atoms with Crippen LogP contribution >= 0.6 is 0 Å². The minimum Gasteiger partial charge on any atom is -0.496 e. The second-order valence-electron chi connectivity index (χ2n) is 6.58. The van der Waals surface area contributed by atoms with Gasteiger partial charge in [-0.2, -0.15) is 0 Å². The van der Waals surface area contributed by atoms with E-state index in [-0.39, 0.29) is 0 Å². The molecule has 0 atom stereocenters. The highest BCUT2D eigenvalue weighted by Crippen LogP contribution is 2.31. The molecule has 0 aliphatic carbocycles. The van der Waals surface area contributed by atoms with Gasteiger partial charge in [-0.1, -0.05) is 38.1 Å². The highest BCUT2D eigenvalue weighted by Gasteiger charge is 2.14. The molecule has 0 N–H and O–H groups in total. The number of ether oxygens (including phenoxy) is 1. The molecular formula is C23H27N3O. The van der Waals surface area contributed by atoms with Gasteiger partial charge in [0.1, 0.15) is 11.6 Å². The lowest BCUT2D eigenvalue weighted by atomic mass is 9.94. The number of hydrogen-bond donors (Lipinski definition) is 0. The monoisotopic (exact) mass is 361 g/mol. The van der Waals surface area contributed by atoms with Crippen molar-refractivity contribution in [3.63, 3.8) is 0 Å². The predicted molar refractivity (Wildman–Crippen MR) is 111 cm³/mol. The zero-order valence-corrected chi connectivity index (χ0v) is 16.6. The number of hydrogen-bond acceptors (Lipinski definition) is 4. The van der Waals surface area contributed by atoms with Crippen molar-refractivity contribution in [3.05, 3.63) is 71.5 Å². The first-order valence-corrected chi connectivity index (χ1v) is 9.44. The van der Waals surface area contributed by atoms with Crippen molar-refractivity contribution in [1.82, 2.24) is 9.97 Å². The highest BCUT2D eigenvalue weighted by atomic mass is 16.5. The Morgan fingerprint density at radius 3 is 2.26 bits per heavy atom. The van der Waals surface area contributed by atoms with E-state index < -0.39 is 0 Å². The van der Waals surface area contributed by atoms with E-state index >= 15 is 0 Å². The van der Waals surface area contributed by atoms with Crippen LogP contribution in [0.25, 0.3) is 11.3 Å². The third-order valence-corrected chi connectivity index (χ3v) is 4.87. The van der Waals surface area contributed by atoms with E-state index in [9.17, 15) is 0 Å². The van der Waals surface area contributed by atoms with E-state index in [4.69, 9.17) is 9.72 Å². The van der Waals surface area contributed by atoms with Crippen molar-refractivity contribution in [2.45, 2.75) is 33.2 Å². The summed E-state index contributed by atoms with van der Waals surface area (Å²) >= 11 is 0. The second-order valence-corrected chi connectivity index (χ2v) is 6.58. The number of rotatable bonds is 7. The summed E-state index contributed by atoms with van der Waals surface area (Å²) in [5.74, 6) is 1.78. The van der Waals surface area contributed by atoms with Crippen molar-refractivity contribution < 1.29 is 4.74 Å². The van der Waals surface area contributed by atoms with Gasteiger partial charge in [0.25, 0.3) is 0 Å². The average molecular weight is 361 g/mol. The van der Waals surface area contributed by atoms with Crippen LogP contribution in [-0.2, 0) is 19.4 Å². The molecule has 2 aromatic heterocycles. The molecule has 0 spiro atoms. The third-order valence-electron chi connectivity index (χ3n) is 4.87. The van der Waals surface area contributed by atoms with Gasteiger partial charge in [-0.15, -0.1) is 0 Å². The summed E-state index contributed by atoms with van der Waals surface area (Å²) in [6, 6.07) is 14.5. The van der Waals surface area contributed by atoms with Crippen molar-refractivity contribution in [2.24, 2.45) is 0 Å². The number of anilines is 1. The number of nitrogens with zero attached hydrogens (tertiary/aromatic N) is 3. The largest absolute Gasteiger partial charge is 0.496 e. The van der Waals surface area contributed by atoms with E-state index in [2.05, 4.69) is 48.0 Å². The normalized spacial score (nSPS) is 10.7. The molecule has 0 radical (unpaired) electrons. The number of pyridine rings is 2. The zero-order chi connectivity index (χ0) is 19.2. The van der Waals surface area contributed by atoms with Gasteiger partial charge in [0.15, 0.2) is 0 Å². The van der Waals surface area contributed by atoms with Crippen LogP contribution in [0.2, 0.25) is 0 Å². The number of aromatic nitrogens is 2. The smallest absolute Gasteiger partial charge is 0.128 e. The molecule has 27 heavy (non-hydrogen) atoms. The molecule has 2 heterocycles. The first-order valence-electron chi connectivity index (χ1n) is 9.44. The van der Waals surface area contributed by atoms with Crippen LogP contribution in [0, 0.1) is 0 Å². The van der Waals surface area contributed by atoms with Crippen molar-refractivity contribution in [2.75, 3.05) is 19.1 Å². The molecule has 0 saturated carbocycles. The van der Waals surface area contributed by atoms with Crippen molar-refractivity contribution in [3.8, 4) is 17.0 Å². The van der Waals surface area contributed by atoms with Crippen LogP contribution in [0.3, 0.4) is 0 Å². The van der Waals surface area contributed by atoms with Crippen molar-refractivity contribution in [1.29, 1.82) is 0 Å². The summed E-state index contributed by atoms with van der Waals surface area (Å²) in [5.41, 5.74) is 5.90. The molecule has 0 amide bonds. The van der Waals surface area contributed by atoms with Crippen LogP contribution in [0.5, 0.6) is 5.75 Å². The van der Waals surface area contributed by atoms with E-state index in [1.165, 1.54) is 16.7 Å². The molecule has 0 bridgehead atoms. The summed E-state index contributed by atoms with van der Waals surface area (Å²) < 4.78 is 5.70. The Hall–Kier alpha value is -2.88. The molecule has 0 aliphatic rings. The van der Waals surface area contributed by atoms with Gasteiger partial charge >= 0.3 is 0 Å². The number of aryl methyl sites for hydroxylation is 2. The third kappa shape index (κ3) is 4.11. The van der Waals surface area contributed by atoms with Gasteiger partial charge in [0.2, 0.25) is 0 Å². The fourth-order valence-electron chi connectivity index (χ4n) is 3.40. The van der Waals surface area contributed by atoms with Gasteiger partial charge < -0.3 is 9.64 Å². The zero-order valence-electron chi connectivity index (χ0n) is 16.6. The van der Waals surface area contributed by atoms with E-state index in [1.807, 2.05) is 31.4 Å². The Morgan fingerprint density at radius 1 is 0.926 bits per heavy atom. The lowest BCUT2D eigenvalue weighted by Crippen LogP contribution is -2.18. The summed E-state index contributed by atoms with van der Waals surface area (Å²) in [5, 5.41) is 0. The van der Waals surface area contributed by atoms with Gasteiger partial charge in [-0.3, -0.25) is 4.98 Å². The molecule has 3 rings (SSSR count). The number of methoxy groups -OCH3 is 1. The standard InChI is InChI=1S/C23H27N3O/c1-5-17-10-9-11-18(6-2)23(17)20-14-21(27-4)19(15-25-20)16-26(3)22-12-7-8-13-24-22/h7-15H,5-6,16H2,1-4H3. The SMILES string of the molecule is CCc1cccc(CC)c1-c1cc(OC)c(CN(C)c2ccccn2)cn1. The summed E-state index contributed by atoms with van der Waals surface area (Å²) in [6.45, 7) is 5.06. The topological polar surface area (TPSA) is 38.2 Å². The average Bonchev–Trinajstić information content (AvgIpc) is 2.73. The van der Waals surface area contributed by atoms with Gasteiger partial charge in [0, 0.05) is 43.2 Å². The molecule has 0 unspecified atom stereocenters.